The SMILES string of the molecule is CCCc1ccc(N(C)C(=O)CNCC)cc1. The lowest BCUT2D eigenvalue weighted by Gasteiger charge is -2.17. The van der Waals surface area contributed by atoms with Crippen molar-refractivity contribution >= 4 is 11.6 Å². The number of rotatable bonds is 6. The molecule has 3 heteroatoms. The summed E-state index contributed by atoms with van der Waals surface area (Å²) in [5, 5.41) is 3.04. The molecule has 0 saturated heterocycles. The van der Waals surface area contributed by atoms with Gasteiger partial charge in [0.1, 0.15) is 0 Å². The number of nitrogens with zero attached hydrogens (tertiary/aromatic N) is 1. The second-order valence-corrected chi connectivity index (χ2v) is 4.15. The van der Waals surface area contributed by atoms with Crippen molar-refractivity contribution in [3.8, 4) is 0 Å². The Labute approximate surface area is 104 Å². The number of carbonyl (C=O) groups is 1. The summed E-state index contributed by atoms with van der Waals surface area (Å²) < 4.78 is 0. The third-order valence-electron chi connectivity index (χ3n) is 2.76. The molecule has 94 valence electrons. The van der Waals surface area contributed by atoms with Gasteiger partial charge < -0.3 is 10.2 Å². The van der Waals surface area contributed by atoms with E-state index in [0.29, 0.717) is 6.54 Å². The molecule has 0 aromatic heterocycles. The van der Waals surface area contributed by atoms with Gasteiger partial charge in [-0.2, -0.15) is 0 Å². The maximum absolute atomic E-state index is 11.8. The minimum absolute atomic E-state index is 0.0927. The first kappa shape index (κ1) is 13.7. The largest absolute Gasteiger partial charge is 0.314 e. The Bertz CT molecular complexity index is 346. The molecule has 1 aromatic carbocycles. The normalized spacial score (nSPS) is 10.3. The summed E-state index contributed by atoms with van der Waals surface area (Å²) in [6.45, 7) is 5.37. The number of nitrogens with one attached hydrogen (secondary N) is 1. The maximum atomic E-state index is 11.8. The number of aryl methyl sites for hydroxylation is 1. The van der Waals surface area contributed by atoms with Crippen molar-refractivity contribution in [1.82, 2.24) is 5.32 Å². The lowest BCUT2D eigenvalue weighted by molar-refractivity contribution is -0.117. The smallest absolute Gasteiger partial charge is 0.240 e. The van der Waals surface area contributed by atoms with Crippen molar-refractivity contribution in [2.45, 2.75) is 26.7 Å². The molecule has 1 N–H and O–H groups in total. The van der Waals surface area contributed by atoms with Crippen LogP contribution < -0.4 is 10.2 Å². The van der Waals surface area contributed by atoms with Crippen LogP contribution in [-0.2, 0) is 11.2 Å². The zero-order valence-corrected chi connectivity index (χ0v) is 11.0. The number of anilines is 1. The van der Waals surface area contributed by atoms with E-state index in [-0.39, 0.29) is 5.91 Å². The zero-order chi connectivity index (χ0) is 12.7. The van der Waals surface area contributed by atoms with E-state index in [1.54, 1.807) is 4.90 Å². The van der Waals surface area contributed by atoms with E-state index in [9.17, 15) is 4.79 Å². The third-order valence-corrected chi connectivity index (χ3v) is 2.76. The molecule has 0 radical (unpaired) electrons. The van der Waals surface area contributed by atoms with Gasteiger partial charge >= 0.3 is 0 Å². The summed E-state index contributed by atoms with van der Waals surface area (Å²) >= 11 is 0. The van der Waals surface area contributed by atoms with Crippen LogP contribution in [0.25, 0.3) is 0 Å². The molecule has 0 saturated carbocycles. The van der Waals surface area contributed by atoms with Crippen LogP contribution in [0.5, 0.6) is 0 Å². The molecule has 1 amide bonds. The third kappa shape index (κ3) is 4.19. The highest BCUT2D eigenvalue weighted by Gasteiger charge is 2.09. The molecular weight excluding hydrogens is 212 g/mol. The summed E-state index contributed by atoms with van der Waals surface area (Å²) in [5.41, 5.74) is 2.27. The fourth-order valence-corrected chi connectivity index (χ4v) is 1.67. The lowest BCUT2D eigenvalue weighted by atomic mass is 10.1. The molecular formula is C14H22N2O. The summed E-state index contributed by atoms with van der Waals surface area (Å²) in [4.78, 5) is 13.5. The van der Waals surface area contributed by atoms with Gasteiger partial charge in [-0.15, -0.1) is 0 Å². The Kier molecular flexibility index (Phi) is 5.70. The van der Waals surface area contributed by atoms with Crippen molar-refractivity contribution < 1.29 is 4.79 Å². The standard InChI is InChI=1S/C14H22N2O/c1-4-6-12-7-9-13(10-8-12)16(3)14(17)11-15-5-2/h7-10,15H,4-6,11H2,1-3H3. The van der Waals surface area contributed by atoms with Gasteiger partial charge in [-0.25, -0.2) is 0 Å². The number of carbonyl (C=O) groups excluding carboxylic acids is 1. The molecule has 0 unspecified atom stereocenters. The van der Waals surface area contributed by atoms with E-state index in [1.807, 2.05) is 26.1 Å². The monoisotopic (exact) mass is 234 g/mol. The van der Waals surface area contributed by atoms with Crippen LogP contribution in [-0.4, -0.2) is 26.0 Å². The number of amides is 1. The summed E-state index contributed by atoms with van der Waals surface area (Å²) in [7, 11) is 1.81. The molecule has 0 spiro atoms. The highest BCUT2D eigenvalue weighted by atomic mass is 16.2. The molecule has 0 aliphatic rings. The fraction of sp³-hybridized carbons (Fsp3) is 0.500. The molecule has 0 bridgehead atoms. The molecule has 1 aromatic rings. The van der Waals surface area contributed by atoms with Crippen molar-refractivity contribution in [3.63, 3.8) is 0 Å². The van der Waals surface area contributed by atoms with Gasteiger partial charge in [0.2, 0.25) is 5.91 Å². The van der Waals surface area contributed by atoms with Crippen LogP contribution >= 0.6 is 0 Å². The van der Waals surface area contributed by atoms with Gasteiger partial charge in [-0.05, 0) is 30.7 Å². The predicted molar refractivity (Wildman–Crippen MR) is 72.4 cm³/mol. The Balaban J connectivity index is 2.62. The highest BCUT2D eigenvalue weighted by Crippen LogP contribution is 2.14. The summed E-state index contributed by atoms with van der Waals surface area (Å²) in [6.07, 6.45) is 2.24. The average Bonchev–Trinajstić information content (AvgIpc) is 2.36. The zero-order valence-electron chi connectivity index (χ0n) is 11.0. The van der Waals surface area contributed by atoms with Crippen LogP contribution in [0.15, 0.2) is 24.3 Å². The van der Waals surface area contributed by atoms with Gasteiger partial charge in [-0.1, -0.05) is 32.4 Å². The first-order valence-corrected chi connectivity index (χ1v) is 6.25. The summed E-state index contributed by atoms with van der Waals surface area (Å²) in [5.74, 6) is 0.0927. The Hall–Kier alpha value is -1.35. The molecule has 17 heavy (non-hydrogen) atoms. The van der Waals surface area contributed by atoms with E-state index < -0.39 is 0 Å². The molecule has 0 aliphatic carbocycles. The molecule has 0 atom stereocenters. The van der Waals surface area contributed by atoms with Crippen molar-refractivity contribution in [2.24, 2.45) is 0 Å². The van der Waals surface area contributed by atoms with Crippen LogP contribution in [0.1, 0.15) is 25.8 Å². The number of likely N-dealkylation sites (N-methyl/N-ethyl adjacent to an activating group) is 2. The van der Waals surface area contributed by atoms with Gasteiger partial charge in [0.25, 0.3) is 0 Å². The Morgan fingerprint density at radius 3 is 2.41 bits per heavy atom. The first-order chi connectivity index (χ1) is 8.19. The van der Waals surface area contributed by atoms with Crippen molar-refractivity contribution in [2.75, 3.05) is 25.0 Å². The van der Waals surface area contributed by atoms with E-state index in [1.165, 1.54) is 5.56 Å². The van der Waals surface area contributed by atoms with E-state index in [2.05, 4.69) is 24.4 Å². The highest BCUT2D eigenvalue weighted by molar-refractivity contribution is 5.94. The van der Waals surface area contributed by atoms with Crippen molar-refractivity contribution in [3.05, 3.63) is 29.8 Å². The first-order valence-electron chi connectivity index (χ1n) is 6.25. The topological polar surface area (TPSA) is 32.3 Å². The summed E-state index contributed by atoms with van der Waals surface area (Å²) in [6, 6.07) is 8.20. The van der Waals surface area contributed by atoms with E-state index in [4.69, 9.17) is 0 Å². The Morgan fingerprint density at radius 2 is 1.88 bits per heavy atom. The predicted octanol–water partition coefficient (Wildman–Crippen LogP) is 2.21. The average molecular weight is 234 g/mol. The van der Waals surface area contributed by atoms with Gasteiger partial charge in [0, 0.05) is 12.7 Å². The molecule has 1 rings (SSSR count). The Morgan fingerprint density at radius 1 is 1.24 bits per heavy atom. The van der Waals surface area contributed by atoms with Gasteiger partial charge in [-0.3, -0.25) is 4.79 Å². The minimum atomic E-state index is 0.0927. The minimum Gasteiger partial charge on any atom is -0.314 e. The molecule has 0 heterocycles. The second kappa shape index (κ2) is 7.07. The lowest BCUT2D eigenvalue weighted by Crippen LogP contribution is -2.35. The van der Waals surface area contributed by atoms with Gasteiger partial charge in [0.15, 0.2) is 0 Å². The number of hydrogen-bond donors (Lipinski definition) is 1. The van der Waals surface area contributed by atoms with E-state index in [0.717, 1.165) is 25.1 Å². The van der Waals surface area contributed by atoms with Crippen LogP contribution in [0, 0.1) is 0 Å². The number of benzene rings is 1. The molecule has 3 nitrogen and oxygen atoms in total. The quantitative estimate of drug-likeness (QED) is 0.818. The molecule has 0 fully saturated rings. The fourth-order valence-electron chi connectivity index (χ4n) is 1.67. The van der Waals surface area contributed by atoms with Crippen molar-refractivity contribution in [1.29, 1.82) is 0 Å². The van der Waals surface area contributed by atoms with Crippen LogP contribution in [0.2, 0.25) is 0 Å². The second-order valence-electron chi connectivity index (χ2n) is 4.15. The molecule has 0 aliphatic heterocycles. The van der Waals surface area contributed by atoms with Crippen LogP contribution in [0.4, 0.5) is 5.69 Å². The van der Waals surface area contributed by atoms with E-state index >= 15 is 0 Å². The van der Waals surface area contributed by atoms with Gasteiger partial charge in [0.05, 0.1) is 6.54 Å². The number of hydrogen-bond acceptors (Lipinski definition) is 2. The van der Waals surface area contributed by atoms with Crippen LogP contribution in [0.3, 0.4) is 0 Å². The maximum Gasteiger partial charge on any atom is 0.240 e.